The van der Waals surface area contributed by atoms with Crippen molar-refractivity contribution in [3.05, 3.63) is 22.8 Å². The molecule has 1 N–H and O–H groups in total. The van der Waals surface area contributed by atoms with Crippen molar-refractivity contribution in [2.75, 3.05) is 11.4 Å². The third kappa shape index (κ3) is 1.83. The Hall–Kier alpha value is -1.07. The summed E-state index contributed by atoms with van der Waals surface area (Å²) in [6.45, 7) is 0.567. The van der Waals surface area contributed by atoms with Gasteiger partial charge in [-0.2, -0.15) is 5.10 Å². The Morgan fingerprint density at radius 1 is 1.53 bits per heavy atom. The average Bonchev–Trinajstić information content (AvgIpc) is 2.82. The van der Waals surface area contributed by atoms with Gasteiger partial charge in [-0.1, -0.05) is 0 Å². The Labute approximate surface area is 111 Å². The minimum Gasteiger partial charge on any atom is -0.311 e. The van der Waals surface area contributed by atoms with Crippen molar-refractivity contribution in [1.82, 2.24) is 10.2 Å². The number of aromatic nitrogens is 2. The second-order valence-corrected chi connectivity index (χ2v) is 5.46. The van der Waals surface area contributed by atoms with Gasteiger partial charge in [0.2, 0.25) is 5.91 Å². The molecule has 2 aromatic rings. The van der Waals surface area contributed by atoms with Gasteiger partial charge in [-0.15, -0.1) is 11.6 Å². The quantitative estimate of drug-likeness (QED) is 0.823. The van der Waals surface area contributed by atoms with Gasteiger partial charge in [0.15, 0.2) is 0 Å². The first kappa shape index (κ1) is 11.0. The van der Waals surface area contributed by atoms with Crippen molar-refractivity contribution in [3.8, 4) is 0 Å². The summed E-state index contributed by atoms with van der Waals surface area (Å²) in [6.07, 6.45) is 0.407. The first-order valence-electron chi connectivity index (χ1n) is 5.23. The van der Waals surface area contributed by atoms with Gasteiger partial charge in [0, 0.05) is 24.0 Å². The van der Waals surface area contributed by atoms with E-state index in [9.17, 15) is 4.79 Å². The molecule has 1 atom stereocenters. The third-order valence-corrected chi connectivity index (χ3v) is 3.78. The lowest BCUT2D eigenvalue weighted by molar-refractivity contribution is -0.117. The van der Waals surface area contributed by atoms with Crippen molar-refractivity contribution in [2.24, 2.45) is 0 Å². The highest BCUT2D eigenvalue weighted by molar-refractivity contribution is 9.10. The molecule has 6 heteroatoms. The highest BCUT2D eigenvalue weighted by Crippen LogP contribution is 2.29. The van der Waals surface area contributed by atoms with Gasteiger partial charge < -0.3 is 4.90 Å². The lowest BCUT2D eigenvalue weighted by Gasteiger charge is -2.15. The van der Waals surface area contributed by atoms with Crippen LogP contribution in [-0.2, 0) is 4.79 Å². The normalized spacial score (nSPS) is 20.5. The molecule has 1 aliphatic rings. The van der Waals surface area contributed by atoms with E-state index in [4.69, 9.17) is 11.6 Å². The molecule has 3 rings (SSSR count). The summed E-state index contributed by atoms with van der Waals surface area (Å²) in [5, 5.41) is 7.91. The number of nitrogens with one attached hydrogen (secondary N) is 1. The number of benzene rings is 1. The number of alkyl halides is 1. The van der Waals surface area contributed by atoms with Gasteiger partial charge in [0.05, 0.1) is 10.9 Å². The molecular weight excluding hydrogens is 305 g/mol. The van der Waals surface area contributed by atoms with E-state index in [0.717, 1.165) is 21.2 Å². The standard InChI is InChI=1S/C11H9BrClN3O/c12-11-8-2-1-7(4-9(8)14-15-11)16-5-6(13)3-10(16)17/h1-2,4,6H,3,5H2,(H,14,15). The van der Waals surface area contributed by atoms with E-state index in [1.807, 2.05) is 18.2 Å². The molecule has 0 spiro atoms. The van der Waals surface area contributed by atoms with Gasteiger partial charge in [-0.3, -0.25) is 9.89 Å². The van der Waals surface area contributed by atoms with Crippen molar-refractivity contribution in [2.45, 2.75) is 11.8 Å². The molecule has 88 valence electrons. The Balaban J connectivity index is 2.03. The number of carbonyl (C=O) groups excluding carboxylic acids is 1. The molecule has 1 saturated heterocycles. The molecule has 1 aromatic heterocycles. The third-order valence-electron chi connectivity index (χ3n) is 2.88. The van der Waals surface area contributed by atoms with Crippen LogP contribution in [0.1, 0.15) is 6.42 Å². The summed E-state index contributed by atoms with van der Waals surface area (Å²) in [5.41, 5.74) is 1.69. The fourth-order valence-electron chi connectivity index (χ4n) is 2.05. The molecule has 1 aromatic carbocycles. The van der Waals surface area contributed by atoms with E-state index < -0.39 is 0 Å². The van der Waals surface area contributed by atoms with E-state index in [-0.39, 0.29) is 11.3 Å². The molecule has 1 aliphatic heterocycles. The number of halogens is 2. The maximum Gasteiger partial charge on any atom is 0.228 e. The van der Waals surface area contributed by atoms with Crippen LogP contribution in [0.15, 0.2) is 22.8 Å². The minimum atomic E-state index is -0.0934. The van der Waals surface area contributed by atoms with Gasteiger partial charge in [0.25, 0.3) is 0 Å². The number of aromatic amines is 1. The molecule has 1 unspecified atom stereocenters. The summed E-state index contributed by atoms with van der Waals surface area (Å²) < 4.78 is 0.849. The molecule has 2 heterocycles. The second kappa shape index (κ2) is 3.99. The van der Waals surface area contributed by atoms with Crippen LogP contribution in [0.3, 0.4) is 0 Å². The summed E-state index contributed by atoms with van der Waals surface area (Å²) in [6, 6.07) is 5.74. The minimum absolute atomic E-state index is 0.0685. The van der Waals surface area contributed by atoms with Crippen LogP contribution in [0, 0.1) is 0 Å². The van der Waals surface area contributed by atoms with Crippen LogP contribution < -0.4 is 4.90 Å². The average molecular weight is 315 g/mol. The molecule has 4 nitrogen and oxygen atoms in total. The van der Waals surface area contributed by atoms with Crippen molar-refractivity contribution in [1.29, 1.82) is 0 Å². The molecule has 0 bridgehead atoms. The topological polar surface area (TPSA) is 49.0 Å². The van der Waals surface area contributed by atoms with Gasteiger partial charge in [-0.25, -0.2) is 0 Å². The van der Waals surface area contributed by atoms with Crippen LogP contribution in [0.25, 0.3) is 10.9 Å². The van der Waals surface area contributed by atoms with Crippen molar-refractivity contribution in [3.63, 3.8) is 0 Å². The maximum atomic E-state index is 11.7. The Morgan fingerprint density at radius 2 is 2.35 bits per heavy atom. The van der Waals surface area contributed by atoms with E-state index in [1.165, 1.54) is 0 Å². The van der Waals surface area contributed by atoms with Gasteiger partial charge in [0.1, 0.15) is 4.60 Å². The van der Waals surface area contributed by atoms with Crippen molar-refractivity contribution >= 4 is 50.0 Å². The zero-order chi connectivity index (χ0) is 12.0. The smallest absolute Gasteiger partial charge is 0.228 e. The molecule has 17 heavy (non-hydrogen) atoms. The number of hydrogen-bond donors (Lipinski definition) is 1. The lowest BCUT2D eigenvalue weighted by atomic mass is 10.2. The van der Waals surface area contributed by atoms with Crippen LogP contribution >= 0.6 is 27.5 Å². The fraction of sp³-hybridized carbons (Fsp3) is 0.273. The largest absolute Gasteiger partial charge is 0.311 e. The summed E-state index contributed by atoms with van der Waals surface area (Å²) in [7, 11) is 0. The molecular formula is C11H9BrClN3O. The number of H-pyrrole nitrogens is 1. The fourth-order valence-corrected chi connectivity index (χ4v) is 2.74. The predicted molar refractivity (Wildman–Crippen MR) is 70.4 cm³/mol. The monoisotopic (exact) mass is 313 g/mol. The Bertz CT molecular complexity index is 597. The SMILES string of the molecule is O=C1CC(Cl)CN1c1ccc2c(Br)[nH]nc2c1. The van der Waals surface area contributed by atoms with E-state index in [1.54, 1.807) is 4.90 Å². The van der Waals surface area contributed by atoms with Crippen LogP contribution in [0.5, 0.6) is 0 Å². The molecule has 0 radical (unpaired) electrons. The Kier molecular flexibility index (Phi) is 2.60. The summed E-state index contributed by atoms with van der Waals surface area (Å²) in [5.74, 6) is 0.0685. The number of nitrogens with zero attached hydrogens (tertiary/aromatic N) is 2. The number of fused-ring (bicyclic) bond motifs is 1. The highest BCUT2D eigenvalue weighted by atomic mass is 79.9. The van der Waals surface area contributed by atoms with Crippen LogP contribution in [0.4, 0.5) is 5.69 Å². The number of carbonyl (C=O) groups is 1. The van der Waals surface area contributed by atoms with Crippen LogP contribution in [0.2, 0.25) is 0 Å². The van der Waals surface area contributed by atoms with Crippen molar-refractivity contribution < 1.29 is 4.79 Å². The molecule has 1 amide bonds. The zero-order valence-electron chi connectivity index (χ0n) is 8.78. The maximum absolute atomic E-state index is 11.7. The first-order chi connectivity index (χ1) is 8.15. The van der Waals surface area contributed by atoms with Gasteiger partial charge >= 0.3 is 0 Å². The summed E-state index contributed by atoms with van der Waals surface area (Å²) in [4.78, 5) is 13.4. The molecule has 1 fully saturated rings. The zero-order valence-corrected chi connectivity index (χ0v) is 11.1. The van der Waals surface area contributed by atoms with Gasteiger partial charge in [-0.05, 0) is 34.1 Å². The molecule has 0 aliphatic carbocycles. The number of amides is 1. The van der Waals surface area contributed by atoms with E-state index >= 15 is 0 Å². The predicted octanol–water partition coefficient (Wildman–Crippen LogP) is 2.67. The number of anilines is 1. The number of hydrogen-bond acceptors (Lipinski definition) is 2. The highest BCUT2D eigenvalue weighted by Gasteiger charge is 2.29. The second-order valence-electron chi connectivity index (χ2n) is 4.04. The van der Waals surface area contributed by atoms with Crippen LogP contribution in [-0.4, -0.2) is 28.0 Å². The van der Waals surface area contributed by atoms with E-state index in [0.29, 0.717) is 13.0 Å². The summed E-state index contributed by atoms with van der Waals surface area (Å²) >= 11 is 9.36. The van der Waals surface area contributed by atoms with E-state index in [2.05, 4.69) is 26.1 Å². The molecule has 0 saturated carbocycles. The number of rotatable bonds is 1. The Morgan fingerprint density at radius 3 is 3.06 bits per heavy atom. The first-order valence-corrected chi connectivity index (χ1v) is 6.46. The lowest BCUT2D eigenvalue weighted by Crippen LogP contribution is -2.24.